The number of benzene rings is 1. The summed E-state index contributed by atoms with van der Waals surface area (Å²) in [6, 6.07) is 9.20. The van der Waals surface area contributed by atoms with Crippen LogP contribution in [0.25, 0.3) is 11.3 Å². The quantitative estimate of drug-likeness (QED) is 0.564. The highest BCUT2D eigenvalue weighted by Gasteiger charge is 2.32. The zero-order valence-corrected chi connectivity index (χ0v) is 14.6. The molecule has 1 unspecified atom stereocenters. The fraction of sp³-hybridized carbons (Fsp3) is 0.211. The van der Waals surface area contributed by atoms with Crippen molar-refractivity contribution in [3.63, 3.8) is 0 Å². The molecule has 130 valence electrons. The molecule has 1 N–H and O–H groups in total. The van der Waals surface area contributed by atoms with E-state index in [4.69, 9.17) is 0 Å². The summed E-state index contributed by atoms with van der Waals surface area (Å²) < 4.78 is 1.48. The van der Waals surface area contributed by atoms with Crippen LogP contribution in [0.1, 0.15) is 32.2 Å². The number of nitrogens with one attached hydrogen (secondary N) is 1. The van der Waals surface area contributed by atoms with E-state index in [-0.39, 0.29) is 11.5 Å². The van der Waals surface area contributed by atoms with Crippen molar-refractivity contribution in [2.75, 3.05) is 0 Å². The second-order valence-corrected chi connectivity index (χ2v) is 6.12. The van der Waals surface area contributed by atoms with Gasteiger partial charge in [0.25, 0.3) is 0 Å². The maximum atomic E-state index is 12.6. The van der Waals surface area contributed by atoms with Gasteiger partial charge in [0, 0.05) is 25.0 Å². The standard InChI is InChI=1S/C19H17N5O2/c1-11-4-5-13(8-12(11)2)15-9-16(23-22-15)17(25)14(10-20)18(26)19-21-6-7-24(19)3/h4-9,14H,1-3H3,(H,22,23). The lowest BCUT2D eigenvalue weighted by atomic mass is 9.97. The van der Waals surface area contributed by atoms with E-state index in [0.29, 0.717) is 5.69 Å². The lowest BCUT2D eigenvalue weighted by molar-refractivity contribution is 0.0835. The van der Waals surface area contributed by atoms with Crippen molar-refractivity contribution in [3.8, 4) is 17.3 Å². The van der Waals surface area contributed by atoms with Crippen molar-refractivity contribution < 1.29 is 9.59 Å². The van der Waals surface area contributed by atoms with Gasteiger partial charge in [0.15, 0.2) is 11.7 Å². The van der Waals surface area contributed by atoms with Gasteiger partial charge in [-0.05, 0) is 37.1 Å². The van der Waals surface area contributed by atoms with Crippen molar-refractivity contribution in [1.29, 1.82) is 5.26 Å². The van der Waals surface area contributed by atoms with Crippen molar-refractivity contribution in [2.24, 2.45) is 13.0 Å². The number of nitriles is 1. The molecule has 0 aliphatic rings. The highest BCUT2D eigenvalue weighted by atomic mass is 16.2. The van der Waals surface area contributed by atoms with E-state index >= 15 is 0 Å². The summed E-state index contributed by atoms with van der Waals surface area (Å²) in [6.45, 7) is 4.01. The average Bonchev–Trinajstić information content (AvgIpc) is 3.27. The van der Waals surface area contributed by atoms with Crippen LogP contribution in [0.2, 0.25) is 0 Å². The number of aromatic amines is 1. The molecule has 3 aromatic rings. The Morgan fingerprint density at radius 2 is 1.96 bits per heavy atom. The van der Waals surface area contributed by atoms with Gasteiger partial charge >= 0.3 is 0 Å². The first kappa shape index (κ1) is 17.3. The number of carbonyl (C=O) groups excluding carboxylic acids is 2. The number of hydrogen-bond acceptors (Lipinski definition) is 5. The van der Waals surface area contributed by atoms with E-state index in [1.807, 2.05) is 32.0 Å². The zero-order chi connectivity index (χ0) is 18.8. The molecular weight excluding hydrogens is 330 g/mol. The topological polar surface area (TPSA) is 104 Å². The lowest BCUT2D eigenvalue weighted by Crippen LogP contribution is -2.25. The molecule has 0 fully saturated rings. The summed E-state index contributed by atoms with van der Waals surface area (Å²) in [5, 5.41) is 16.1. The Morgan fingerprint density at radius 3 is 2.58 bits per heavy atom. The molecular formula is C19H17N5O2. The number of rotatable bonds is 5. The van der Waals surface area contributed by atoms with Crippen LogP contribution in [0.15, 0.2) is 36.7 Å². The largest absolute Gasteiger partial charge is 0.332 e. The summed E-state index contributed by atoms with van der Waals surface area (Å²) in [7, 11) is 1.63. The molecule has 2 aromatic heterocycles. The Bertz CT molecular complexity index is 1040. The summed E-state index contributed by atoms with van der Waals surface area (Å²) >= 11 is 0. The van der Waals surface area contributed by atoms with Crippen LogP contribution in [0.5, 0.6) is 0 Å². The smallest absolute Gasteiger partial charge is 0.223 e. The second kappa shape index (κ2) is 6.76. The molecule has 0 aliphatic carbocycles. The summed E-state index contributed by atoms with van der Waals surface area (Å²) in [5.41, 5.74) is 3.82. The van der Waals surface area contributed by atoms with Gasteiger partial charge in [-0.1, -0.05) is 12.1 Å². The van der Waals surface area contributed by atoms with E-state index in [9.17, 15) is 14.9 Å². The number of aromatic nitrogens is 4. The molecule has 0 radical (unpaired) electrons. The van der Waals surface area contributed by atoms with Crippen LogP contribution < -0.4 is 0 Å². The highest BCUT2D eigenvalue weighted by Crippen LogP contribution is 2.22. The van der Waals surface area contributed by atoms with Crippen molar-refractivity contribution >= 4 is 11.6 Å². The fourth-order valence-corrected chi connectivity index (χ4v) is 2.62. The van der Waals surface area contributed by atoms with Crippen molar-refractivity contribution in [3.05, 3.63) is 59.3 Å². The molecule has 0 amide bonds. The third kappa shape index (κ3) is 3.05. The minimum atomic E-state index is -1.47. The average molecular weight is 347 g/mol. The molecule has 0 bridgehead atoms. The minimum Gasteiger partial charge on any atom is -0.332 e. The minimum absolute atomic E-state index is 0.0683. The third-order valence-corrected chi connectivity index (χ3v) is 4.34. The van der Waals surface area contributed by atoms with E-state index in [0.717, 1.165) is 16.7 Å². The van der Waals surface area contributed by atoms with Gasteiger partial charge in [-0.15, -0.1) is 0 Å². The molecule has 2 heterocycles. The maximum absolute atomic E-state index is 12.6. The number of Topliss-reactive ketones (excluding diaryl/α,β-unsaturated/α-hetero) is 2. The predicted molar refractivity (Wildman–Crippen MR) is 94.5 cm³/mol. The third-order valence-electron chi connectivity index (χ3n) is 4.34. The summed E-state index contributed by atoms with van der Waals surface area (Å²) in [6.07, 6.45) is 3.03. The van der Waals surface area contributed by atoms with Crippen LogP contribution in [0.4, 0.5) is 0 Å². The molecule has 3 rings (SSSR count). The van der Waals surface area contributed by atoms with Crippen LogP contribution >= 0.6 is 0 Å². The van der Waals surface area contributed by atoms with Gasteiger partial charge in [0.2, 0.25) is 11.6 Å². The molecule has 0 aliphatic heterocycles. The number of ketones is 2. The lowest BCUT2D eigenvalue weighted by Gasteiger charge is -2.05. The number of H-pyrrole nitrogens is 1. The zero-order valence-electron chi connectivity index (χ0n) is 14.6. The molecule has 0 spiro atoms. The Hall–Kier alpha value is -3.53. The Labute approximate surface area is 150 Å². The van der Waals surface area contributed by atoms with E-state index in [1.165, 1.54) is 10.8 Å². The maximum Gasteiger partial charge on any atom is 0.223 e. The first-order chi connectivity index (χ1) is 12.4. The monoisotopic (exact) mass is 347 g/mol. The Kier molecular flexibility index (Phi) is 4.50. The Balaban J connectivity index is 1.89. The van der Waals surface area contributed by atoms with Gasteiger partial charge in [-0.3, -0.25) is 14.7 Å². The molecule has 7 heteroatoms. The van der Waals surface area contributed by atoms with Gasteiger partial charge in [0.05, 0.1) is 11.8 Å². The van der Waals surface area contributed by atoms with E-state index in [1.54, 1.807) is 25.4 Å². The van der Waals surface area contributed by atoms with Crippen LogP contribution in [-0.4, -0.2) is 31.3 Å². The summed E-state index contributed by atoms with van der Waals surface area (Å²) in [5.74, 6) is -2.65. The first-order valence-corrected chi connectivity index (χ1v) is 8.00. The van der Waals surface area contributed by atoms with Crippen molar-refractivity contribution in [2.45, 2.75) is 13.8 Å². The van der Waals surface area contributed by atoms with Crippen molar-refractivity contribution in [1.82, 2.24) is 19.7 Å². The van der Waals surface area contributed by atoms with Crippen LogP contribution in [0.3, 0.4) is 0 Å². The number of hydrogen-bond donors (Lipinski definition) is 1. The number of nitrogens with zero attached hydrogens (tertiary/aromatic N) is 4. The molecule has 1 aromatic carbocycles. The molecule has 26 heavy (non-hydrogen) atoms. The SMILES string of the molecule is Cc1ccc(-c2cc(C(=O)C(C#N)C(=O)c3nccn3C)[nH]n2)cc1C. The number of aryl methyl sites for hydroxylation is 3. The van der Waals surface area contributed by atoms with Gasteiger partial charge in [-0.2, -0.15) is 10.4 Å². The van der Waals surface area contributed by atoms with Crippen LogP contribution in [0, 0.1) is 31.1 Å². The highest BCUT2D eigenvalue weighted by molar-refractivity contribution is 6.16. The van der Waals surface area contributed by atoms with E-state index in [2.05, 4.69) is 15.2 Å². The number of carbonyl (C=O) groups is 2. The van der Waals surface area contributed by atoms with Gasteiger partial charge in [-0.25, -0.2) is 4.98 Å². The van der Waals surface area contributed by atoms with Gasteiger partial charge in [0.1, 0.15) is 5.69 Å². The first-order valence-electron chi connectivity index (χ1n) is 8.00. The van der Waals surface area contributed by atoms with Crippen LogP contribution in [-0.2, 0) is 7.05 Å². The molecule has 0 saturated carbocycles. The molecule has 7 nitrogen and oxygen atoms in total. The molecule has 1 atom stereocenters. The van der Waals surface area contributed by atoms with E-state index < -0.39 is 17.5 Å². The fourth-order valence-electron chi connectivity index (χ4n) is 2.62. The second-order valence-electron chi connectivity index (χ2n) is 6.12. The normalized spacial score (nSPS) is 11.8. The van der Waals surface area contributed by atoms with Gasteiger partial charge < -0.3 is 4.57 Å². The Morgan fingerprint density at radius 1 is 1.19 bits per heavy atom. The predicted octanol–water partition coefficient (Wildman–Crippen LogP) is 2.63. The number of imidazole rings is 1. The summed E-state index contributed by atoms with van der Waals surface area (Å²) in [4.78, 5) is 29.0. The molecule has 0 saturated heterocycles.